The highest BCUT2D eigenvalue weighted by Crippen LogP contribution is 2.41. The van der Waals surface area contributed by atoms with Crippen molar-refractivity contribution in [2.75, 3.05) is 12.4 Å². The maximum Gasteiger partial charge on any atom is 0.318 e. The topological polar surface area (TPSA) is 158 Å². The molecule has 0 aliphatic carbocycles. The Kier molecular flexibility index (Phi) is 8.41. The summed E-state index contributed by atoms with van der Waals surface area (Å²) in [5.41, 5.74) is -0.437. The number of nitro groups is 2. The number of hydrogen-bond acceptors (Lipinski definition) is 8. The van der Waals surface area contributed by atoms with E-state index in [-0.39, 0.29) is 22.8 Å². The number of hydrogen-bond donors (Lipinski definition) is 1. The van der Waals surface area contributed by atoms with Crippen LogP contribution in [0, 0.1) is 35.1 Å². The Morgan fingerprint density at radius 3 is 2.47 bits per heavy atom. The number of anilines is 1. The van der Waals surface area contributed by atoms with Gasteiger partial charge in [0.25, 0.3) is 11.6 Å². The second-order valence-corrected chi connectivity index (χ2v) is 8.54. The van der Waals surface area contributed by atoms with Crippen LogP contribution in [0.1, 0.15) is 5.56 Å². The zero-order valence-electron chi connectivity index (χ0n) is 18.2. The third kappa shape index (κ3) is 6.26. The summed E-state index contributed by atoms with van der Waals surface area (Å²) < 4.78 is 11.5. The van der Waals surface area contributed by atoms with E-state index >= 15 is 0 Å². The Labute approximate surface area is 222 Å². The fraction of sp³-hybridized carbons (Fsp3) is 0.0435. The molecule has 3 aromatic carbocycles. The average molecular weight is 621 g/mol. The number of nitrogens with one attached hydrogen (secondary N) is 1. The summed E-state index contributed by atoms with van der Waals surface area (Å²) in [5, 5.41) is 34.9. The molecule has 13 heteroatoms. The Balaban J connectivity index is 1.95. The molecule has 0 heterocycles. The largest absolute Gasteiger partial charge is 0.493 e. The molecule has 36 heavy (non-hydrogen) atoms. The fourth-order valence-corrected chi connectivity index (χ4v) is 3.89. The summed E-state index contributed by atoms with van der Waals surface area (Å²) in [4.78, 5) is 33.4. The highest BCUT2D eigenvalue weighted by Gasteiger charge is 2.23. The number of nitro benzene ring substituents is 2. The predicted octanol–water partition coefficient (Wildman–Crippen LogP) is 6.11. The molecule has 182 valence electrons. The molecule has 0 fully saturated rings. The van der Waals surface area contributed by atoms with Gasteiger partial charge in [0, 0.05) is 16.8 Å². The van der Waals surface area contributed by atoms with E-state index in [9.17, 15) is 30.3 Å². The minimum Gasteiger partial charge on any atom is -0.493 e. The molecule has 0 saturated carbocycles. The first kappa shape index (κ1) is 26.4. The Morgan fingerprint density at radius 1 is 1.11 bits per heavy atom. The van der Waals surface area contributed by atoms with E-state index in [1.165, 1.54) is 25.3 Å². The van der Waals surface area contributed by atoms with Crippen LogP contribution in [-0.2, 0) is 4.79 Å². The maximum atomic E-state index is 12.6. The second-order valence-electron chi connectivity index (χ2n) is 6.94. The molecule has 1 amide bonds. The van der Waals surface area contributed by atoms with Crippen LogP contribution in [0.3, 0.4) is 0 Å². The van der Waals surface area contributed by atoms with Crippen LogP contribution in [0.2, 0.25) is 5.02 Å². The summed E-state index contributed by atoms with van der Waals surface area (Å²) in [7, 11) is 1.34. The number of carbonyl (C=O) groups is 1. The lowest BCUT2D eigenvalue weighted by Crippen LogP contribution is -2.13. The normalized spacial score (nSPS) is 10.8. The van der Waals surface area contributed by atoms with Crippen molar-refractivity contribution in [2.45, 2.75) is 0 Å². The van der Waals surface area contributed by atoms with E-state index in [1.807, 2.05) is 28.7 Å². The molecular formula is C23H14ClIN4O7. The molecule has 0 radical (unpaired) electrons. The van der Waals surface area contributed by atoms with Gasteiger partial charge in [0.2, 0.25) is 5.75 Å². The molecule has 0 aliphatic rings. The van der Waals surface area contributed by atoms with Gasteiger partial charge in [-0.1, -0.05) is 17.7 Å². The lowest BCUT2D eigenvalue weighted by Gasteiger charge is -2.13. The SMILES string of the molecule is COc1cc(/C=C(\C#N)C(=O)Nc2cccc(Cl)c2)cc(I)c1Oc1ccc([N+](=O)[O-])cc1[N+](=O)[O-]. The van der Waals surface area contributed by atoms with Gasteiger partial charge in [-0.15, -0.1) is 0 Å². The molecule has 0 saturated heterocycles. The molecule has 0 unspecified atom stereocenters. The van der Waals surface area contributed by atoms with Gasteiger partial charge in [-0.2, -0.15) is 5.26 Å². The predicted molar refractivity (Wildman–Crippen MR) is 139 cm³/mol. The van der Waals surface area contributed by atoms with Gasteiger partial charge < -0.3 is 14.8 Å². The third-order valence-electron chi connectivity index (χ3n) is 4.57. The van der Waals surface area contributed by atoms with Crippen LogP contribution >= 0.6 is 34.2 Å². The van der Waals surface area contributed by atoms with Crippen LogP contribution in [0.5, 0.6) is 17.2 Å². The molecular weight excluding hydrogens is 607 g/mol. The van der Waals surface area contributed by atoms with Crippen molar-refractivity contribution in [1.82, 2.24) is 0 Å². The first-order chi connectivity index (χ1) is 17.1. The summed E-state index contributed by atoms with van der Waals surface area (Å²) in [6, 6.07) is 14.3. The molecule has 0 bridgehead atoms. The van der Waals surface area contributed by atoms with E-state index in [1.54, 1.807) is 24.3 Å². The van der Waals surface area contributed by atoms with Crippen LogP contribution in [0.25, 0.3) is 6.08 Å². The standard InChI is InChI=1S/C23H14ClIN4O7/c1-35-21-9-13(7-14(12-26)23(30)27-16-4-2-3-15(24)10-16)8-18(25)22(21)36-20-6-5-17(28(31)32)11-19(20)29(33)34/h2-11H,1H3,(H,27,30)/b14-7+. The fourth-order valence-electron chi connectivity index (χ4n) is 2.96. The minimum atomic E-state index is -0.795. The van der Waals surface area contributed by atoms with Crippen LogP contribution in [0.15, 0.2) is 60.2 Å². The molecule has 3 rings (SSSR count). The van der Waals surface area contributed by atoms with Crippen molar-refractivity contribution >= 4 is 63.2 Å². The van der Waals surface area contributed by atoms with Crippen molar-refractivity contribution in [1.29, 1.82) is 5.26 Å². The Morgan fingerprint density at radius 2 is 1.86 bits per heavy atom. The highest BCUT2D eigenvalue weighted by molar-refractivity contribution is 14.1. The van der Waals surface area contributed by atoms with Crippen LogP contribution in [-0.4, -0.2) is 22.9 Å². The number of nitrogens with zero attached hydrogens (tertiary/aromatic N) is 3. The van der Waals surface area contributed by atoms with Gasteiger partial charge in [-0.25, -0.2) is 0 Å². The zero-order valence-corrected chi connectivity index (χ0v) is 21.1. The lowest BCUT2D eigenvalue weighted by atomic mass is 10.1. The molecule has 1 N–H and O–H groups in total. The molecule has 3 aromatic rings. The molecule has 0 atom stereocenters. The molecule has 0 spiro atoms. The van der Waals surface area contributed by atoms with E-state index in [0.717, 1.165) is 18.2 Å². The summed E-state index contributed by atoms with van der Waals surface area (Å²) >= 11 is 7.82. The number of non-ortho nitro benzene ring substituents is 1. The monoisotopic (exact) mass is 620 g/mol. The van der Waals surface area contributed by atoms with E-state index in [2.05, 4.69) is 5.32 Å². The van der Waals surface area contributed by atoms with Crippen molar-refractivity contribution in [3.05, 3.63) is 94.6 Å². The maximum absolute atomic E-state index is 12.6. The number of nitriles is 1. The van der Waals surface area contributed by atoms with Gasteiger partial charge in [0.15, 0.2) is 11.5 Å². The number of rotatable bonds is 8. The third-order valence-corrected chi connectivity index (χ3v) is 5.61. The van der Waals surface area contributed by atoms with Crippen molar-refractivity contribution in [3.63, 3.8) is 0 Å². The second kappa shape index (κ2) is 11.5. The number of halogens is 2. The van der Waals surface area contributed by atoms with E-state index < -0.39 is 27.1 Å². The first-order valence-corrected chi connectivity index (χ1v) is 11.3. The molecule has 0 aromatic heterocycles. The van der Waals surface area contributed by atoms with Crippen LogP contribution < -0.4 is 14.8 Å². The number of amides is 1. The summed E-state index contributed by atoms with van der Waals surface area (Å²) in [6.45, 7) is 0. The quantitative estimate of drug-likeness (QED) is 0.104. The smallest absolute Gasteiger partial charge is 0.318 e. The Hall–Kier alpha value is -4.22. The van der Waals surface area contributed by atoms with E-state index in [0.29, 0.717) is 19.8 Å². The summed E-state index contributed by atoms with van der Waals surface area (Å²) in [5.74, 6) is -0.637. The first-order valence-electron chi connectivity index (χ1n) is 9.80. The van der Waals surface area contributed by atoms with E-state index in [4.69, 9.17) is 21.1 Å². The number of methoxy groups -OCH3 is 1. The van der Waals surface area contributed by atoms with Gasteiger partial charge in [-0.05, 0) is 70.6 Å². The van der Waals surface area contributed by atoms with Gasteiger partial charge in [-0.3, -0.25) is 25.0 Å². The van der Waals surface area contributed by atoms with Crippen LogP contribution in [0.4, 0.5) is 17.1 Å². The van der Waals surface area contributed by atoms with Crippen molar-refractivity contribution < 1.29 is 24.1 Å². The van der Waals surface area contributed by atoms with Gasteiger partial charge in [0.05, 0.1) is 26.6 Å². The zero-order chi connectivity index (χ0) is 26.4. The average Bonchev–Trinajstić information content (AvgIpc) is 2.83. The highest BCUT2D eigenvalue weighted by atomic mass is 127. The minimum absolute atomic E-state index is 0.106. The lowest BCUT2D eigenvalue weighted by molar-refractivity contribution is -0.394. The number of benzene rings is 3. The van der Waals surface area contributed by atoms with Gasteiger partial charge in [0.1, 0.15) is 11.6 Å². The molecule has 0 aliphatic heterocycles. The Bertz CT molecular complexity index is 1450. The number of ether oxygens (including phenoxy) is 2. The summed E-state index contributed by atoms with van der Waals surface area (Å²) in [6.07, 6.45) is 1.34. The molecule has 11 nitrogen and oxygen atoms in total. The van der Waals surface area contributed by atoms with Gasteiger partial charge >= 0.3 is 5.69 Å². The number of carbonyl (C=O) groups excluding carboxylic acids is 1. The van der Waals surface area contributed by atoms with Crippen molar-refractivity contribution in [2.24, 2.45) is 0 Å². The van der Waals surface area contributed by atoms with Crippen molar-refractivity contribution in [3.8, 4) is 23.3 Å².